The van der Waals surface area contributed by atoms with Crippen molar-refractivity contribution in [3.63, 3.8) is 0 Å². The van der Waals surface area contributed by atoms with Gasteiger partial charge in [-0.15, -0.1) is 0 Å². The summed E-state index contributed by atoms with van der Waals surface area (Å²) in [4.78, 5) is 1.42. The molecule has 104 valence electrons. The van der Waals surface area contributed by atoms with E-state index in [0.717, 1.165) is 11.1 Å². The van der Waals surface area contributed by atoms with Crippen LogP contribution in [0, 0.1) is 0 Å². The maximum absolute atomic E-state index is 12.7. The van der Waals surface area contributed by atoms with Gasteiger partial charge in [0.05, 0.1) is 0 Å². The molecular weight excluding hydrogens is 239 g/mol. The molecule has 0 aromatic carbocycles. The lowest BCUT2D eigenvalue weighted by atomic mass is 10.1. The van der Waals surface area contributed by atoms with Crippen LogP contribution >= 0.6 is 0 Å². The van der Waals surface area contributed by atoms with E-state index in [1.165, 1.54) is 4.90 Å². The summed E-state index contributed by atoms with van der Waals surface area (Å²) in [6.45, 7) is 13.4. The fourth-order valence-corrected chi connectivity index (χ4v) is 2.00. The van der Waals surface area contributed by atoms with Gasteiger partial charge in [-0.3, -0.25) is 4.90 Å². The van der Waals surface area contributed by atoms with Crippen molar-refractivity contribution in [1.29, 1.82) is 0 Å². The monoisotopic (exact) mass is 261 g/mol. The topological polar surface area (TPSA) is 3.24 Å². The fourth-order valence-electron chi connectivity index (χ4n) is 2.00. The maximum atomic E-state index is 12.7. The number of alkyl halides is 3. The molecule has 1 atom stereocenters. The first kappa shape index (κ1) is 17.0. The molecular formula is C14H22F3N. The standard InChI is InChI=1S/C12H16F3N.C2H6/c1-4-9-7-16(8-10(9)5-2)11(6-3)12(13,14)15;1-2/h4-5,11H,1-2,6-8H2,3H3;1-2H3. The summed E-state index contributed by atoms with van der Waals surface area (Å²) in [6, 6.07) is -1.38. The molecule has 18 heavy (non-hydrogen) atoms. The maximum Gasteiger partial charge on any atom is 0.404 e. The third-order valence-electron chi connectivity index (χ3n) is 2.86. The minimum Gasteiger partial charge on any atom is -0.284 e. The highest BCUT2D eigenvalue weighted by atomic mass is 19.4. The van der Waals surface area contributed by atoms with Gasteiger partial charge >= 0.3 is 6.18 Å². The normalized spacial score (nSPS) is 18.1. The van der Waals surface area contributed by atoms with Crippen molar-refractivity contribution in [2.75, 3.05) is 13.1 Å². The van der Waals surface area contributed by atoms with E-state index in [9.17, 15) is 13.2 Å². The van der Waals surface area contributed by atoms with E-state index in [2.05, 4.69) is 13.2 Å². The van der Waals surface area contributed by atoms with Gasteiger partial charge in [-0.25, -0.2) is 0 Å². The predicted molar refractivity (Wildman–Crippen MR) is 70.5 cm³/mol. The second-order valence-electron chi connectivity index (χ2n) is 3.83. The van der Waals surface area contributed by atoms with Crippen LogP contribution in [-0.4, -0.2) is 30.2 Å². The lowest BCUT2D eigenvalue weighted by Crippen LogP contribution is -2.44. The largest absolute Gasteiger partial charge is 0.404 e. The molecule has 1 rings (SSSR count). The molecule has 0 bridgehead atoms. The summed E-state index contributed by atoms with van der Waals surface area (Å²) < 4.78 is 38.2. The van der Waals surface area contributed by atoms with E-state index in [4.69, 9.17) is 0 Å². The van der Waals surface area contributed by atoms with Crippen LogP contribution in [-0.2, 0) is 0 Å². The van der Waals surface area contributed by atoms with Crippen LogP contribution in [0.1, 0.15) is 27.2 Å². The molecule has 0 N–H and O–H groups in total. The average Bonchev–Trinajstić information content (AvgIpc) is 2.73. The first-order valence-corrected chi connectivity index (χ1v) is 6.21. The zero-order valence-corrected chi connectivity index (χ0v) is 11.3. The van der Waals surface area contributed by atoms with Crippen molar-refractivity contribution >= 4 is 0 Å². The highest BCUT2D eigenvalue weighted by molar-refractivity contribution is 5.37. The van der Waals surface area contributed by atoms with Gasteiger partial charge in [-0.2, -0.15) is 13.2 Å². The van der Waals surface area contributed by atoms with E-state index < -0.39 is 12.2 Å². The van der Waals surface area contributed by atoms with Crippen molar-refractivity contribution in [3.05, 3.63) is 36.5 Å². The third-order valence-corrected chi connectivity index (χ3v) is 2.86. The van der Waals surface area contributed by atoms with Crippen LogP contribution in [0.15, 0.2) is 36.5 Å². The summed E-state index contributed by atoms with van der Waals surface area (Å²) >= 11 is 0. The van der Waals surface area contributed by atoms with Gasteiger partial charge in [0, 0.05) is 13.1 Å². The second kappa shape index (κ2) is 7.41. The van der Waals surface area contributed by atoms with Crippen molar-refractivity contribution in [1.82, 2.24) is 4.90 Å². The highest BCUT2D eigenvalue weighted by Gasteiger charge is 2.43. The Morgan fingerprint density at radius 2 is 1.56 bits per heavy atom. The number of halogens is 3. The first-order valence-electron chi connectivity index (χ1n) is 6.21. The van der Waals surface area contributed by atoms with E-state index >= 15 is 0 Å². The molecule has 0 aliphatic carbocycles. The van der Waals surface area contributed by atoms with Crippen molar-refractivity contribution < 1.29 is 13.2 Å². The highest BCUT2D eigenvalue weighted by Crippen LogP contribution is 2.31. The second-order valence-corrected chi connectivity index (χ2v) is 3.83. The molecule has 1 unspecified atom stereocenters. The molecule has 0 saturated carbocycles. The van der Waals surface area contributed by atoms with Crippen LogP contribution in [0.25, 0.3) is 0 Å². The molecule has 0 spiro atoms. The number of hydrogen-bond acceptors (Lipinski definition) is 1. The minimum atomic E-state index is -4.17. The molecule has 1 aliphatic heterocycles. The Morgan fingerprint density at radius 3 is 1.78 bits per heavy atom. The summed E-state index contributed by atoms with van der Waals surface area (Å²) in [7, 11) is 0. The molecule has 1 aliphatic rings. The minimum absolute atomic E-state index is 0.0678. The summed E-state index contributed by atoms with van der Waals surface area (Å²) in [5, 5.41) is 0. The summed E-state index contributed by atoms with van der Waals surface area (Å²) in [5.74, 6) is 0. The quantitative estimate of drug-likeness (QED) is 0.727. The molecule has 0 radical (unpaired) electrons. The lowest BCUT2D eigenvalue weighted by Gasteiger charge is -2.28. The van der Waals surface area contributed by atoms with Gasteiger partial charge in [0.2, 0.25) is 0 Å². The Kier molecular flexibility index (Phi) is 6.99. The molecule has 0 aromatic heterocycles. The Hall–Kier alpha value is -1.03. The van der Waals surface area contributed by atoms with Crippen LogP contribution in [0.5, 0.6) is 0 Å². The molecule has 0 amide bonds. The number of rotatable bonds is 4. The molecule has 0 aromatic rings. The lowest BCUT2D eigenvalue weighted by molar-refractivity contribution is -0.181. The van der Waals surface area contributed by atoms with Gasteiger partial charge in [0.15, 0.2) is 0 Å². The van der Waals surface area contributed by atoms with Gasteiger partial charge in [0.25, 0.3) is 0 Å². The SMILES string of the molecule is C=CC1=C(C=C)CN(C(CC)C(F)(F)F)C1.CC. The number of nitrogens with zero attached hydrogens (tertiary/aromatic N) is 1. The fraction of sp³-hybridized carbons (Fsp3) is 0.571. The molecule has 0 saturated heterocycles. The van der Waals surface area contributed by atoms with Crippen LogP contribution < -0.4 is 0 Å². The van der Waals surface area contributed by atoms with Crippen LogP contribution in [0.4, 0.5) is 13.2 Å². The molecule has 0 fully saturated rings. The van der Waals surface area contributed by atoms with E-state index in [1.807, 2.05) is 13.8 Å². The Morgan fingerprint density at radius 1 is 1.17 bits per heavy atom. The first-order chi connectivity index (χ1) is 8.43. The zero-order valence-electron chi connectivity index (χ0n) is 11.3. The Bertz CT molecular complexity index is 295. The summed E-state index contributed by atoms with van der Waals surface area (Å²) in [6.07, 6.45) is -0.879. The van der Waals surface area contributed by atoms with E-state index in [0.29, 0.717) is 13.1 Å². The van der Waals surface area contributed by atoms with E-state index in [-0.39, 0.29) is 6.42 Å². The molecule has 1 nitrogen and oxygen atoms in total. The zero-order chi connectivity index (χ0) is 14.3. The Balaban J connectivity index is 0.00000137. The van der Waals surface area contributed by atoms with Crippen molar-refractivity contribution in [2.24, 2.45) is 0 Å². The van der Waals surface area contributed by atoms with Gasteiger partial charge in [-0.1, -0.05) is 46.1 Å². The van der Waals surface area contributed by atoms with Crippen LogP contribution in [0.3, 0.4) is 0 Å². The summed E-state index contributed by atoms with van der Waals surface area (Å²) in [5.41, 5.74) is 1.69. The van der Waals surface area contributed by atoms with Gasteiger partial charge < -0.3 is 0 Å². The van der Waals surface area contributed by atoms with Crippen LogP contribution in [0.2, 0.25) is 0 Å². The van der Waals surface area contributed by atoms with E-state index in [1.54, 1.807) is 19.1 Å². The van der Waals surface area contributed by atoms with Crippen molar-refractivity contribution in [2.45, 2.75) is 39.4 Å². The smallest absolute Gasteiger partial charge is 0.284 e. The van der Waals surface area contributed by atoms with Gasteiger partial charge in [0.1, 0.15) is 6.04 Å². The van der Waals surface area contributed by atoms with Gasteiger partial charge in [-0.05, 0) is 17.6 Å². The van der Waals surface area contributed by atoms with Crippen molar-refractivity contribution in [3.8, 4) is 0 Å². The average molecular weight is 261 g/mol. The Labute approximate surface area is 108 Å². The number of hydrogen-bond donors (Lipinski definition) is 0. The molecule has 1 heterocycles. The molecule has 4 heteroatoms. The third kappa shape index (κ3) is 4.02. The predicted octanol–water partition coefficient (Wildman–Crippen LogP) is 4.34.